The number of urea groups is 1. The number of carbonyl (C=O) groups excluding carboxylic acids is 1. The van der Waals surface area contributed by atoms with E-state index in [0.29, 0.717) is 39.4 Å². The molecule has 2 aromatic carbocycles. The van der Waals surface area contributed by atoms with Crippen LogP contribution in [0.1, 0.15) is 0 Å². The van der Waals surface area contributed by atoms with Gasteiger partial charge >= 0.3 is 6.03 Å². The molecule has 0 aromatic heterocycles. The zero-order valence-corrected chi connectivity index (χ0v) is 15.1. The Morgan fingerprint density at radius 1 is 0.800 bits per heavy atom. The van der Waals surface area contributed by atoms with Crippen LogP contribution in [-0.4, -0.2) is 34.5 Å². The van der Waals surface area contributed by atoms with Crippen molar-refractivity contribution in [2.24, 2.45) is 0 Å². The third-order valence-corrected chi connectivity index (χ3v) is 3.63. The van der Waals surface area contributed by atoms with E-state index in [1.165, 1.54) is 28.4 Å². The molecule has 0 fully saturated rings. The van der Waals surface area contributed by atoms with Gasteiger partial charge in [0.05, 0.1) is 39.1 Å². The smallest absolute Gasteiger partial charge is 0.323 e. The lowest BCUT2D eigenvalue weighted by atomic mass is 10.2. The molecular weight excluding hydrogens is 348 g/mol. The fourth-order valence-electron chi connectivity index (χ4n) is 2.12. The minimum absolute atomic E-state index is 0.378. The fraction of sp³-hybridized carbons (Fsp3) is 0.235. The minimum atomic E-state index is -0.474. The molecular formula is C17H19ClN2O5. The van der Waals surface area contributed by atoms with Gasteiger partial charge in [-0.2, -0.15) is 0 Å². The number of rotatable bonds is 6. The second kappa shape index (κ2) is 8.34. The van der Waals surface area contributed by atoms with Crippen LogP contribution in [0.25, 0.3) is 0 Å². The van der Waals surface area contributed by atoms with E-state index in [1.807, 2.05) is 0 Å². The first-order valence-corrected chi connectivity index (χ1v) is 7.61. The molecule has 7 nitrogen and oxygen atoms in total. The van der Waals surface area contributed by atoms with Crippen molar-refractivity contribution in [2.45, 2.75) is 0 Å². The fourth-order valence-corrected chi connectivity index (χ4v) is 2.35. The van der Waals surface area contributed by atoms with Crippen LogP contribution in [-0.2, 0) is 0 Å². The molecule has 2 aromatic rings. The van der Waals surface area contributed by atoms with Crippen molar-refractivity contribution in [1.82, 2.24) is 0 Å². The Labute approximate surface area is 150 Å². The molecule has 0 saturated carbocycles. The average molecular weight is 367 g/mol. The molecule has 0 aliphatic rings. The molecule has 2 amide bonds. The first kappa shape index (κ1) is 18.5. The lowest BCUT2D eigenvalue weighted by Gasteiger charge is -2.14. The molecule has 25 heavy (non-hydrogen) atoms. The summed E-state index contributed by atoms with van der Waals surface area (Å²) < 4.78 is 20.7. The van der Waals surface area contributed by atoms with Crippen LogP contribution in [0.3, 0.4) is 0 Å². The molecule has 0 heterocycles. The van der Waals surface area contributed by atoms with Gasteiger partial charge in [-0.3, -0.25) is 0 Å². The van der Waals surface area contributed by atoms with Crippen molar-refractivity contribution in [3.05, 3.63) is 35.4 Å². The van der Waals surface area contributed by atoms with Gasteiger partial charge in [-0.25, -0.2) is 4.79 Å². The quantitative estimate of drug-likeness (QED) is 0.807. The largest absolute Gasteiger partial charge is 0.497 e. The first-order valence-electron chi connectivity index (χ1n) is 7.23. The van der Waals surface area contributed by atoms with Crippen molar-refractivity contribution in [1.29, 1.82) is 0 Å². The van der Waals surface area contributed by atoms with Crippen molar-refractivity contribution in [3.63, 3.8) is 0 Å². The summed E-state index contributed by atoms with van der Waals surface area (Å²) >= 11 is 6.05. The van der Waals surface area contributed by atoms with Gasteiger partial charge in [0.2, 0.25) is 0 Å². The van der Waals surface area contributed by atoms with E-state index >= 15 is 0 Å². The van der Waals surface area contributed by atoms with Crippen molar-refractivity contribution in [3.8, 4) is 23.0 Å². The van der Waals surface area contributed by atoms with Gasteiger partial charge in [-0.15, -0.1) is 0 Å². The standard InChI is InChI=1S/C17H19ClN2O5/c1-22-11-5-10(6-12(7-11)23-2)19-17(21)20-14-9-15(24-3)13(18)8-16(14)25-4/h5-9H,1-4H3,(H2,19,20,21). The number of amides is 2. The second-order valence-corrected chi connectivity index (χ2v) is 5.27. The number of anilines is 2. The van der Waals surface area contributed by atoms with Gasteiger partial charge in [0.15, 0.2) is 0 Å². The van der Waals surface area contributed by atoms with Crippen molar-refractivity contribution < 1.29 is 23.7 Å². The van der Waals surface area contributed by atoms with Gasteiger partial charge in [0.25, 0.3) is 0 Å². The third-order valence-electron chi connectivity index (χ3n) is 3.33. The van der Waals surface area contributed by atoms with E-state index in [9.17, 15) is 4.79 Å². The maximum Gasteiger partial charge on any atom is 0.323 e. The van der Waals surface area contributed by atoms with E-state index in [0.717, 1.165) is 0 Å². The zero-order chi connectivity index (χ0) is 18.4. The highest BCUT2D eigenvalue weighted by atomic mass is 35.5. The maximum absolute atomic E-state index is 12.3. The summed E-state index contributed by atoms with van der Waals surface area (Å²) in [6.45, 7) is 0. The van der Waals surface area contributed by atoms with Crippen LogP contribution in [0.15, 0.2) is 30.3 Å². The van der Waals surface area contributed by atoms with Gasteiger partial charge in [-0.05, 0) is 0 Å². The van der Waals surface area contributed by atoms with Crippen LogP contribution < -0.4 is 29.6 Å². The molecule has 134 valence electrons. The van der Waals surface area contributed by atoms with Crippen LogP contribution >= 0.6 is 11.6 Å². The number of nitrogens with one attached hydrogen (secondary N) is 2. The van der Waals surface area contributed by atoms with Crippen LogP contribution in [0.5, 0.6) is 23.0 Å². The lowest BCUT2D eigenvalue weighted by Crippen LogP contribution is -2.20. The molecule has 0 atom stereocenters. The zero-order valence-electron chi connectivity index (χ0n) is 14.3. The number of hydrogen-bond acceptors (Lipinski definition) is 5. The van der Waals surface area contributed by atoms with Crippen molar-refractivity contribution in [2.75, 3.05) is 39.1 Å². The Morgan fingerprint density at radius 2 is 1.40 bits per heavy atom. The van der Waals surface area contributed by atoms with Gasteiger partial charge in [-0.1, -0.05) is 11.6 Å². The van der Waals surface area contributed by atoms with Crippen molar-refractivity contribution >= 4 is 29.0 Å². The molecule has 0 spiro atoms. The van der Waals surface area contributed by atoms with Crippen LogP contribution in [0.4, 0.5) is 16.2 Å². The molecule has 8 heteroatoms. The molecule has 0 aliphatic carbocycles. The van der Waals surface area contributed by atoms with Crippen LogP contribution in [0.2, 0.25) is 5.02 Å². The maximum atomic E-state index is 12.3. The molecule has 2 N–H and O–H groups in total. The number of ether oxygens (including phenoxy) is 4. The lowest BCUT2D eigenvalue weighted by molar-refractivity contribution is 0.262. The number of benzene rings is 2. The number of carbonyl (C=O) groups is 1. The summed E-state index contributed by atoms with van der Waals surface area (Å²) in [6.07, 6.45) is 0. The van der Waals surface area contributed by atoms with Crippen LogP contribution in [0, 0.1) is 0 Å². The van der Waals surface area contributed by atoms with E-state index in [1.54, 1.807) is 30.3 Å². The Kier molecular flexibility index (Phi) is 6.19. The third kappa shape index (κ3) is 4.60. The van der Waals surface area contributed by atoms with E-state index in [2.05, 4.69) is 10.6 Å². The predicted molar refractivity (Wildman–Crippen MR) is 96.7 cm³/mol. The molecule has 0 unspecified atom stereocenters. The molecule has 0 saturated heterocycles. The number of hydrogen-bond donors (Lipinski definition) is 2. The molecule has 0 radical (unpaired) electrons. The molecule has 0 bridgehead atoms. The Hall–Kier alpha value is -2.80. The summed E-state index contributed by atoms with van der Waals surface area (Å²) in [4.78, 5) is 12.3. The number of halogens is 1. The summed E-state index contributed by atoms with van der Waals surface area (Å²) in [7, 11) is 6.03. The summed E-state index contributed by atoms with van der Waals surface area (Å²) in [5.74, 6) is 1.94. The summed E-state index contributed by atoms with van der Waals surface area (Å²) in [6, 6.07) is 7.70. The normalized spacial score (nSPS) is 9.96. The SMILES string of the molecule is COc1cc(NC(=O)Nc2cc(OC)c(Cl)cc2OC)cc(OC)c1. The Balaban J connectivity index is 2.20. The number of methoxy groups -OCH3 is 4. The van der Waals surface area contributed by atoms with Gasteiger partial charge in [0.1, 0.15) is 23.0 Å². The highest BCUT2D eigenvalue weighted by molar-refractivity contribution is 6.32. The van der Waals surface area contributed by atoms with E-state index in [4.69, 9.17) is 30.5 Å². The highest BCUT2D eigenvalue weighted by Gasteiger charge is 2.13. The Bertz CT molecular complexity index is 745. The first-order chi connectivity index (χ1) is 12.0. The summed E-state index contributed by atoms with van der Waals surface area (Å²) in [5.41, 5.74) is 0.921. The van der Waals surface area contributed by atoms with Gasteiger partial charge < -0.3 is 29.6 Å². The van der Waals surface area contributed by atoms with E-state index in [-0.39, 0.29) is 0 Å². The predicted octanol–water partition coefficient (Wildman–Crippen LogP) is 4.02. The Morgan fingerprint density at radius 3 is 1.92 bits per heavy atom. The topological polar surface area (TPSA) is 78.1 Å². The highest BCUT2D eigenvalue weighted by Crippen LogP contribution is 2.36. The molecule has 0 aliphatic heterocycles. The molecule has 2 rings (SSSR count). The minimum Gasteiger partial charge on any atom is -0.497 e. The van der Waals surface area contributed by atoms with Gasteiger partial charge in [0, 0.05) is 36.0 Å². The second-order valence-electron chi connectivity index (χ2n) is 4.87. The average Bonchev–Trinajstić information content (AvgIpc) is 2.62. The monoisotopic (exact) mass is 366 g/mol. The van der Waals surface area contributed by atoms with E-state index < -0.39 is 6.03 Å². The summed E-state index contributed by atoms with van der Waals surface area (Å²) in [5, 5.41) is 5.77.